The smallest absolute Gasteiger partial charge is 0.316 e. The fraction of sp³-hybridized carbons (Fsp3) is 0.417. The summed E-state index contributed by atoms with van der Waals surface area (Å²) in [6.07, 6.45) is 1.26. The van der Waals surface area contributed by atoms with E-state index in [0.717, 1.165) is 25.2 Å². The largest absolute Gasteiger partial charge is 0.344 e. The first-order chi connectivity index (χ1) is 14.3. The van der Waals surface area contributed by atoms with E-state index in [1.165, 1.54) is 48.2 Å². The molecule has 6 heteroatoms. The summed E-state index contributed by atoms with van der Waals surface area (Å²) in [7, 11) is 1.50. The maximum atomic E-state index is 13.1. The summed E-state index contributed by atoms with van der Waals surface area (Å²) in [6, 6.07) is 13.5. The summed E-state index contributed by atoms with van der Waals surface area (Å²) in [5.74, 6) is -0.395. The van der Waals surface area contributed by atoms with Gasteiger partial charge in [0.1, 0.15) is 5.82 Å². The van der Waals surface area contributed by atoms with Gasteiger partial charge in [-0.15, -0.1) is 0 Å². The first kappa shape index (κ1) is 22.0. The van der Waals surface area contributed by atoms with E-state index < -0.39 is 17.6 Å². The van der Waals surface area contributed by atoms with E-state index in [0.29, 0.717) is 17.5 Å². The van der Waals surface area contributed by atoms with E-state index in [9.17, 15) is 14.0 Å². The number of nitrogens with zero attached hydrogens (tertiary/aromatic N) is 2. The minimum atomic E-state index is -0.683. The van der Waals surface area contributed by atoms with Gasteiger partial charge in [0.25, 0.3) is 0 Å². The van der Waals surface area contributed by atoms with Crippen molar-refractivity contribution >= 4 is 17.5 Å². The number of nitrogens with one attached hydrogen (secondary N) is 1. The highest BCUT2D eigenvalue weighted by Crippen LogP contribution is 2.23. The van der Waals surface area contributed by atoms with Gasteiger partial charge in [0.2, 0.25) is 0 Å². The minimum absolute atomic E-state index is 0.289. The van der Waals surface area contributed by atoms with Crippen LogP contribution in [-0.2, 0) is 22.7 Å². The monoisotopic (exact) mass is 411 g/mol. The van der Waals surface area contributed by atoms with Gasteiger partial charge in [0, 0.05) is 38.9 Å². The Kier molecular flexibility index (Phi) is 7.21. The van der Waals surface area contributed by atoms with Crippen LogP contribution >= 0.6 is 0 Å². The van der Waals surface area contributed by atoms with Gasteiger partial charge in [-0.25, -0.2) is 4.39 Å². The number of likely N-dealkylation sites (N-methyl/N-ethyl adjacent to an activating group) is 1. The van der Waals surface area contributed by atoms with Crippen molar-refractivity contribution in [1.29, 1.82) is 0 Å². The van der Waals surface area contributed by atoms with Crippen molar-refractivity contribution in [3.8, 4) is 0 Å². The molecule has 0 aromatic heterocycles. The van der Waals surface area contributed by atoms with Crippen molar-refractivity contribution in [2.75, 3.05) is 25.0 Å². The van der Waals surface area contributed by atoms with Crippen LogP contribution in [0.4, 0.5) is 10.1 Å². The molecule has 0 spiro atoms. The second kappa shape index (κ2) is 9.85. The van der Waals surface area contributed by atoms with Crippen molar-refractivity contribution < 1.29 is 14.0 Å². The zero-order valence-electron chi connectivity index (χ0n) is 17.9. The first-order valence-corrected chi connectivity index (χ1v) is 10.4. The Bertz CT molecular complexity index is 874. The van der Waals surface area contributed by atoms with Crippen LogP contribution in [0.25, 0.3) is 0 Å². The molecule has 1 aliphatic heterocycles. The molecular weight excluding hydrogens is 381 g/mol. The molecule has 0 aliphatic carbocycles. The van der Waals surface area contributed by atoms with Crippen molar-refractivity contribution in [2.45, 2.75) is 33.4 Å². The molecule has 1 aliphatic rings. The number of hydrogen-bond acceptors (Lipinski definition) is 3. The Balaban J connectivity index is 1.60. The molecule has 160 valence electrons. The highest BCUT2D eigenvalue weighted by atomic mass is 19.1. The molecule has 0 unspecified atom stereocenters. The fourth-order valence-corrected chi connectivity index (χ4v) is 4.23. The summed E-state index contributed by atoms with van der Waals surface area (Å²) >= 11 is 0. The third kappa shape index (κ3) is 5.66. The lowest BCUT2D eigenvalue weighted by Crippen LogP contribution is -2.41. The normalized spacial score (nSPS) is 19.3. The van der Waals surface area contributed by atoms with Crippen LogP contribution < -0.4 is 10.2 Å². The lowest BCUT2D eigenvalue weighted by Gasteiger charge is -2.35. The molecule has 1 heterocycles. The van der Waals surface area contributed by atoms with Crippen LogP contribution in [0.15, 0.2) is 48.5 Å². The molecule has 5 nitrogen and oxygen atoms in total. The van der Waals surface area contributed by atoms with Crippen LogP contribution in [0.2, 0.25) is 0 Å². The molecule has 30 heavy (non-hydrogen) atoms. The minimum Gasteiger partial charge on any atom is -0.344 e. The number of piperidine rings is 1. The topological polar surface area (TPSA) is 52.7 Å². The Morgan fingerprint density at radius 2 is 1.63 bits per heavy atom. The number of carbonyl (C=O) groups excluding carboxylic acids is 2. The molecule has 0 radical (unpaired) electrons. The summed E-state index contributed by atoms with van der Waals surface area (Å²) < 4.78 is 13.1. The van der Waals surface area contributed by atoms with E-state index in [1.54, 1.807) is 0 Å². The standard InChI is InChI=1S/C24H30FN3O2/c1-17-12-18(2)15-28(14-17)16-20-7-5-4-6-19(20)13-26-23(29)24(30)27(3)22-10-8-21(25)9-11-22/h4-11,17-18H,12-16H2,1-3H3,(H,26,29)/t17-,18+. The second-order valence-corrected chi connectivity index (χ2v) is 8.43. The molecule has 3 rings (SSSR count). The molecule has 2 aromatic carbocycles. The molecule has 1 N–H and O–H groups in total. The van der Waals surface area contributed by atoms with Crippen molar-refractivity contribution in [3.63, 3.8) is 0 Å². The van der Waals surface area contributed by atoms with Crippen molar-refractivity contribution in [1.82, 2.24) is 10.2 Å². The molecule has 1 fully saturated rings. The number of amides is 2. The van der Waals surface area contributed by atoms with Gasteiger partial charge in [-0.2, -0.15) is 0 Å². The van der Waals surface area contributed by atoms with Gasteiger partial charge in [-0.3, -0.25) is 14.5 Å². The number of likely N-dealkylation sites (tertiary alicyclic amines) is 1. The zero-order valence-corrected chi connectivity index (χ0v) is 17.9. The summed E-state index contributed by atoms with van der Waals surface area (Å²) in [4.78, 5) is 28.5. The Hall–Kier alpha value is -2.73. The van der Waals surface area contributed by atoms with Crippen molar-refractivity contribution in [2.24, 2.45) is 11.8 Å². The molecule has 2 atom stereocenters. The van der Waals surface area contributed by atoms with Crippen LogP contribution in [0, 0.1) is 17.7 Å². The number of halogens is 1. The summed E-state index contributed by atoms with van der Waals surface area (Å²) in [5.41, 5.74) is 2.64. The summed E-state index contributed by atoms with van der Waals surface area (Å²) in [6.45, 7) is 7.86. The number of rotatable bonds is 5. The Morgan fingerprint density at radius 3 is 2.27 bits per heavy atom. The lowest BCUT2D eigenvalue weighted by atomic mass is 9.91. The van der Waals surface area contributed by atoms with E-state index in [4.69, 9.17) is 0 Å². The third-order valence-electron chi connectivity index (χ3n) is 5.61. The second-order valence-electron chi connectivity index (χ2n) is 8.43. The van der Waals surface area contributed by atoms with E-state index >= 15 is 0 Å². The van der Waals surface area contributed by atoms with Crippen LogP contribution in [-0.4, -0.2) is 36.9 Å². The fourth-order valence-electron chi connectivity index (χ4n) is 4.23. The number of hydrogen-bond donors (Lipinski definition) is 1. The molecular formula is C24H30FN3O2. The van der Waals surface area contributed by atoms with Gasteiger partial charge in [0.15, 0.2) is 0 Å². The maximum Gasteiger partial charge on any atom is 0.316 e. The maximum absolute atomic E-state index is 13.1. The van der Waals surface area contributed by atoms with Gasteiger partial charge >= 0.3 is 11.8 Å². The van der Waals surface area contributed by atoms with Gasteiger partial charge in [-0.05, 0) is 53.6 Å². The molecule has 0 saturated carbocycles. The third-order valence-corrected chi connectivity index (χ3v) is 5.61. The van der Waals surface area contributed by atoms with Crippen LogP contribution in [0.1, 0.15) is 31.4 Å². The first-order valence-electron chi connectivity index (χ1n) is 10.4. The number of benzene rings is 2. The number of carbonyl (C=O) groups is 2. The Morgan fingerprint density at radius 1 is 1.03 bits per heavy atom. The highest BCUT2D eigenvalue weighted by molar-refractivity contribution is 6.40. The average Bonchev–Trinajstić information content (AvgIpc) is 2.71. The molecule has 1 saturated heterocycles. The Labute approximate surface area is 177 Å². The SMILES string of the molecule is C[C@@H]1C[C@H](C)CN(Cc2ccccc2CNC(=O)C(=O)N(C)c2ccc(F)cc2)C1. The zero-order chi connectivity index (χ0) is 21.7. The number of anilines is 1. The van der Waals surface area contributed by atoms with E-state index in [2.05, 4.69) is 30.1 Å². The van der Waals surface area contributed by atoms with Crippen molar-refractivity contribution in [3.05, 3.63) is 65.5 Å². The van der Waals surface area contributed by atoms with E-state index in [1.807, 2.05) is 18.2 Å². The molecule has 0 bridgehead atoms. The van der Waals surface area contributed by atoms with Gasteiger partial charge in [-0.1, -0.05) is 38.1 Å². The predicted molar refractivity (Wildman–Crippen MR) is 116 cm³/mol. The van der Waals surface area contributed by atoms with Crippen LogP contribution in [0.3, 0.4) is 0 Å². The predicted octanol–water partition coefficient (Wildman–Crippen LogP) is 3.58. The highest BCUT2D eigenvalue weighted by Gasteiger charge is 2.23. The quantitative estimate of drug-likeness (QED) is 0.765. The molecule has 2 amide bonds. The lowest BCUT2D eigenvalue weighted by molar-refractivity contribution is -0.137. The average molecular weight is 412 g/mol. The van der Waals surface area contributed by atoms with Gasteiger partial charge in [0.05, 0.1) is 0 Å². The van der Waals surface area contributed by atoms with Crippen LogP contribution in [0.5, 0.6) is 0 Å². The molecule has 2 aromatic rings. The van der Waals surface area contributed by atoms with Gasteiger partial charge < -0.3 is 10.2 Å². The van der Waals surface area contributed by atoms with E-state index in [-0.39, 0.29) is 6.54 Å². The summed E-state index contributed by atoms with van der Waals surface area (Å²) in [5, 5.41) is 2.73.